The van der Waals surface area contributed by atoms with E-state index in [2.05, 4.69) is 0 Å². The summed E-state index contributed by atoms with van der Waals surface area (Å²) in [7, 11) is 0. The SMILES string of the molecule is Cc1cc(C)c(C(=O)C(C)N)c(F)c1. The van der Waals surface area contributed by atoms with E-state index in [1.165, 1.54) is 6.07 Å². The molecule has 1 atom stereocenters. The monoisotopic (exact) mass is 195 g/mol. The number of halogens is 1. The molecule has 0 spiro atoms. The molecule has 0 aliphatic rings. The highest BCUT2D eigenvalue weighted by molar-refractivity contribution is 6.01. The van der Waals surface area contributed by atoms with Crippen molar-refractivity contribution in [3.8, 4) is 0 Å². The molecule has 1 rings (SSSR count). The molecule has 1 aromatic rings. The molecule has 0 aliphatic heterocycles. The summed E-state index contributed by atoms with van der Waals surface area (Å²) in [4.78, 5) is 11.5. The molecule has 0 saturated heterocycles. The molecule has 2 nitrogen and oxygen atoms in total. The number of carbonyl (C=O) groups is 1. The summed E-state index contributed by atoms with van der Waals surface area (Å²) in [6.07, 6.45) is 0. The molecule has 0 radical (unpaired) electrons. The van der Waals surface area contributed by atoms with E-state index >= 15 is 0 Å². The first-order chi connectivity index (χ1) is 6.43. The summed E-state index contributed by atoms with van der Waals surface area (Å²) in [5.74, 6) is -0.829. The van der Waals surface area contributed by atoms with Gasteiger partial charge in [-0.25, -0.2) is 4.39 Å². The highest BCUT2D eigenvalue weighted by atomic mass is 19.1. The predicted octanol–water partition coefficient (Wildman–Crippen LogP) is 1.97. The van der Waals surface area contributed by atoms with Gasteiger partial charge in [-0.1, -0.05) is 6.07 Å². The van der Waals surface area contributed by atoms with E-state index < -0.39 is 11.9 Å². The number of carbonyl (C=O) groups excluding carboxylic acids is 1. The van der Waals surface area contributed by atoms with Crippen molar-refractivity contribution in [2.45, 2.75) is 26.8 Å². The third-order valence-electron chi connectivity index (χ3n) is 2.09. The van der Waals surface area contributed by atoms with E-state index in [4.69, 9.17) is 5.73 Å². The van der Waals surface area contributed by atoms with Gasteiger partial charge in [-0.05, 0) is 38.0 Å². The normalized spacial score (nSPS) is 12.6. The fraction of sp³-hybridized carbons (Fsp3) is 0.364. The van der Waals surface area contributed by atoms with Crippen molar-refractivity contribution in [3.05, 3.63) is 34.6 Å². The second-order valence-electron chi connectivity index (χ2n) is 3.59. The van der Waals surface area contributed by atoms with E-state index in [0.29, 0.717) is 5.56 Å². The zero-order valence-electron chi connectivity index (χ0n) is 8.60. The van der Waals surface area contributed by atoms with Crippen LogP contribution in [0.25, 0.3) is 0 Å². The summed E-state index contributed by atoms with van der Waals surface area (Å²) in [6, 6.07) is 2.47. The molecule has 0 bridgehead atoms. The van der Waals surface area contributed by atoms with E-state index in [1.807, 2.05) is 0 Å². The topological polar surface area (TPSA) is 43.1 Å². The van der Waals surface area contributed by atoms with Gasteiger partial charge >= 0.3 is 0 Å². The van der Waals surface area contributed by atoms with Gasteiger partial charge in [0, 0.05) is 0 Å². The Balaban J connectivity index is 3.28. The number of hydrogen-bond donors (Lipinski definition) is 1. The zero-order valence-corrected chi connectivity index (χ0v) is 8.60. The minimum atomic E-state index is -0.661. The number of rotatable bonds is 2. The fourth-order valence-electron chi connectivity index (χ4n) is 1.46. The second kappa shape index (κ2) is 3.88. The molecule has 1 unspecified atom stereocenters. The van der Waals surface area contributed by atoms with Crippen molar-refractivity contribution in [3.63, 3.8) is 0 Å². The largest absolute Gasteiger partial charge is 0.321 e. The number of nitrogens with two attached hydrogens (primary N) is 1. The van der Waals surface area contributed by atoms with Crippen molar-refractivity contribution in [2.24, 2.45) is 5.73 Å². The van der Waals surface area contributed by atoms with Crippen LogP contribution in [-0.2, 0) is 0 Å². The molecule has 0 aromatic heterocycles. The van der Waals surface area contributed by atoms with Crippen molar-refractivity contribution >= 4 is 5.78 Å². The molecule has 0 amide bonds. The number of benzene rings is 1. The molecule has 2 N–H and O–H groups in total. The lowest BCUT2D eigenvalue weighted by Crippen LogP contribution is -2.28. The molecule has 0 aliphatic carbocycles. The lowest BCUT2D eigenvalue weighted by molar-refractivity contribution is 0.0963. The Labute approximate surface area is 82.9 Å². The molecule has 0 heterocycles. The van der Waals surface area contributed by atoms with Gasteiger partial charge in [-0.3, -0.25) is 4.79 Å². The molecule has 1 aromatic carbocycles. The first kappa shape index (κ1) is 10.9. The highest BCUT2D eigenvalue weighted by Crippen LogP contribution is 2.16. The van der Waals surface area contributed by atoms with E-state index in [0.717, 1.165) is 5.56 Å². The van der Waals surface area contributed by atoms with Gasteiger partial charge < -0.3 is 5.73 Å². The molecule has 0 saturated carbocycles. The van der Waals surface area contributed by atoms with Gasteiger partial charge in [0.05, 0.1) is 11.6 Å². The van der Waals surface area contributed by atoms with E-state index in [1.54, 1.807) is 26.8 Å². The van der Waals surface area contributed by atoms with Crippen LogP contribution in [0.15, 0.2) is 12.1 Å². The standard InChI is InChI=1S/C11H14FNO/c1-6-4-7(2)10(9(12)5-6)11(14)8(3)13/h4-5,8H,13H2,1-3H3. The van der Waals surface area contributed by atoms with Crippen molar-refractivity contribution in [2.75, 3.05) is 0 Å². The number of aryl methyl sites for hydroxylation is 2. The van der Waals surface area contributed by atoms with Crippen LogP contribution in [0.4, 0.5) is 4.39 Å². The third-order valence-corrected chi connectivity index (χ3v) is 2.09. The van der Waals surface area contributed by atoms with Crippen LogP contribution in [0.2, 0.25) is 0 Å². The van der Waals surface area contributed by atoms with Gasteiger partial charge in [0.25, 0.3) is 0 Å². The Morgan fingerprint density at radius 3 is 2.43 bits per heavy atom. The lowest BCUT2D eigenvalue weighted by atomic mass is 9.98. The maximum atomic E-state index is 13.4. The van der Waals surface area contributed by atoms with E-state index in [-0.39, 0.29) is 11.3 Å². The molecular weight excluding hydrogens is 181 g/mol. The average molecular weight is 195 g/mol. The minimum absolute atomic E-state index is 0.116. The second-order valence-corrected chi connectivity index (χ2v) is 3.59. The zero-order chi connectivity index (χ0) is 10.9. The van der Waals surface area contributed by atoms with Gasteiger partial charge in [0.1, 0.15) is 5.82 Å². The van der Waals surface area contributed by atoms with Crippen LogP contribution in [0, 0.1) is 19.7 Å². The Morgan fingerprint density at radius 2 is 2.00 bits per heavy atom. The Hall–Kier alpha value is -1.22. The summed E-state index contributed by atoms with van der Waals surface area (Å²) >= 11 is 0. The van der Waals surface area contributed by atoms with Crippen LogP contribution >= 0.6 is 0 Å². The first-order valence-corrected chi connectivity index (χ1v) is 4.50. The van der Waals surface area contributed by atoms with Gasteiger partial charge in [0.15, 0.2) is 5.78 Å². The fourth-order valence-corrected chi connectivity index (χ4v) is 1.46. The van der Waals surface area contributed by atoms with Gasteiger partial charge in [-0.2, -0.15) is 0 Å². The number of hydrogen-bond acceptors (Lipinski definition) is 2. The minimum Gasteiger partial charge on any atom is -0.321 e. The average Bonchev–Trinajstić information content (AvgIpc) is 2.01. The predicted molar refractivity (Wildman–Crippen MR) is 53.9 cm³/mol. The smallest absolute Gasteiger partial charge is 0.182 e. The maximum absolute atomic E-state index is 13.4. The summed E-state index contributed by atoms with van der Waals surface area (Å²) in [5, 5.41) is 0. The Kier molecular flexibility index (Phi) is 3.01. The number of Topliss-reactive ketones (excluding diaryl/α,β-unsaturated/α-hetero) is 1. The summed E-state index contributed by atoms with van der Waals surface area (Å²) < 4.78 is 13.4. The van der Waals surface area contributed by atoms with Crippen molar-refractivity contribution in [1.29, 1.82) is 0 Å². The molecule has 14 heavy (non-hydrogen) atoms. The summed E-state index contributed by atoms with van der Waals surface area (Å²) in [5.41, 5.74) is 6.99. The highest BCUT2D eigenvalue weighted by Gasteiger charge is 2.18. The van der Waals surface area contributed by atoms with Crippen LogP contribution in [0.1, 0.15) is 28.4 Å². The van der Waals surface area contributed by atoms with Gasteiger partial charge in [0.2, 0.25) is 0 Å². The molecular formula is C11H14FNO. The molecule has 3 heteroatoms. The molecule has 76 valence electrons. The Bertz CT molecular complexity index is 349. The Morgan fingerprint density at radius 1 is 1.43 bits per heavy atom. The third kappa shape index (κ3) is 1.99. The quantitative estimate of drug-likeness (QED) is 0.733. The summed E-state index contributed by atoms with van der Waals surface area (Å²) in [6.45, 7) is 5.06. The maximum Gasteiger partial charge on any atom is 0.182 e. The van der Waals surface area contributed by atoms with Crippen LogP contribution in [-0.4, -0.2) is 11.8 Å². The van der Waals surface area contributed by atoms with E-state index in [9.17, 15) is 9.18 Å². The van der Waals surface area contributed by atoms with Crippen molar-refractivity contribution in [1.82, 2.24) is 0 Å². The first-order valence-electron chi connectivity index (χ1n) is 4.50. The van der Waals surface area contributed by atoms with Crippen LogP contribution in [0.5, 0.6) is 0 Å². The van der Waals surface area contributed by atoms with Crippen LogP contribution in [0.3, 0.4) is 0 Å². The van der Waals surface area contributed by atoms with Crippen molar-refractivity contribution < 1.29 is 9.18 Å². The molecule has 0 fully saturated rings. The van der Waals surface area contributed by atoms with Gasteiger partial charge in [-0.15, -0.1) is 0 Å². The number of ketones is 1. The van der Waals surface area contributed by atoms with Crippen LogP contribution < -0.4 is 5.73 Å². The lowest BCUT2D eigenvalue weighted by Gasteiger charge is -2.09.